The van der Waals surface area contributed by atoms with Gasteiger partial charge in [-0.15, -0.1) is 11.8 Å². The SMILES string of the molecule is CSc1cc(F)c(Oc2c(C)c(CC(=O)O)cc3ccc(F)cc23)cc1F. The molecule has 0 aliphatic heterocycles. The first-order valence-electron chi connectivity index (χ1n) is 7.94. The molecule has 1 N–H and O–H groups in total. The molecule has 0 unspecified atom stereocenters. The van der Waals surface area contributed by atoms with Gasteiger partial charge in [0.2, 0.25) is 0 Å². The second kappa shape index (κ2) is 7.52. The van der Waals surface area contributed by atoms with Crippen LogP contribution in [0.5, 0.6) is 11.5 Å². The van der Waals surface area contributed by atoms with E-state index >= 15 is 0 Å². The molecule has 3 rings (SSSR count). The minimum atomic E-state index is -1.05. The van der Waals surface area contributed by atoms with E-state index in [1.165, 1.54) is 18.2 Å². The lowest BCUT2D eigenvalue weighted by Gasteiger charge is -2.16. The summed E-state index contributed by atoms with van der Waals surface area (Å²) in [6.45, 7) is 1.60. The maximum Gasteiger partial charge on any atom is 0.307 e. The molecule has 0 aliphatic carbocycles. The van der Waals surface area contributed by atoms with E-state index in [2.05, 4.69) is 0 Å². The Labute approximate surface area is 157 Å². The van der Waals surface area contributed by atoms with Crippen LogP contribution in [0.4, 0.5) is 13.2 Å². The molecule has 0 aliphatic rings. The molecule has 0 amide bonds. The molecule has 0 bridgehead atoms. The fourth-order valence-electron chi connectivity index (χ4n) is 2.83. The third-order valence-corrected chi connectivity index (χ3v) is 4.92. The van der Waals surface area contributed by atoms with Gasteiger partial charge in [-0.1, -0.05) is 12.1 Å². The minimum Gasteiger partial charge on any atom is -0.481 e. The first-order chi connectivity index (χ1) is 12.8. The van der Waals surface area contributed by atoms with Crippen LogP contribution in [-0.2, 0) is 11.2 Å². The lowest BCUT2D eigenvalue weighted by Crippen LogP contribution is -2.04. The zero-order valence-electron chi connectivity index (χ0n) is 14.5. The highest BCUT2D eigenvalue weighted by molar-refractivity contribution is 7.98. The molecule has 0 atom stereocenters. The van der Waals surface area contributed by atoms with Crippen LogP contribution in [-0.4, -0.2) is 17.3 Å². The zero-order valence-corrected chi connectivity index (χ0v) is 15.3. The van der Waals surface area contributed by atoms with E-state index in [0.29, 0.717) is 21.9 Å². The number of carboxylic acid groups (broad SMARTS) is 1. The Balaban J connectivity index is 2.20. The van der Waals surface area contributed by atoms with Crippen LogP contribution < -0.4 is 4.74 Å². The van der Waals surface area contributed by atoms with Crippen molar-refractivity contribution in [2.24, 2.45) is 0 Å². The third-order valence-electron chi connectivity index (χ3n) is 4.17. The number of fused-ring (bicyclic) bond motifs is 1. The van der Waals surface area contributed by atoms with Gasteiger partial charge in [0.15, 0.2) is 11.6 Å². The lowest BCUT2D eigenvalue weighted by molar-refractivity contribution is -0.136. The predicted octanol–water partition coefficient (Wildman–Crippen LogP) is 5.71. The summed E-state index contributed by atoms with van der Waals surface area (Å²) >= 11 is 1.06. The molecule has 0 spiro atoms. The number of rotatable bonds is 5. The number of aliphatic carboxylic acids is 1. The van der Waals surface area contributed by atoms with Crippen molar-refractivity contribution in [1.29, 1.82) is 0 Å². The van der Waals surface area contributed by atoms with Crippen LogP contribution in [0.25, 0.3) is 10.8 Å². The molecule has 140 valence electrons. The second-order valence-electron chi connectivity index (χ2n) is 5.95. The molecule has 3 nitrogen and oxygen atoms in total. The molecule has 3 aromatic carbocycles. The van der Waals surface area contributed by atoms with Gasteiger partial charge >= 0.3 is 5.97 Å². The van der Waals surface area contributed by atoms with E-state index in [4.69, 9.17) is 9.84 Å². The van der Waals surface area contributed by atoms with Gasteiger partial charge in [0.05, 0.1) is 6.42 Å². The van der Waals surface area contributed by atoms with E-state index in [1.807, 2.05) is 0 Å². The number of halogens is 3. The molecular formula is C20H15F3O3S. The Bertz CT molecular complexity index is 1050. The Morgan fingerprint density at radius 2 is 1.85 bits per heavy atom. The van der Waals surface area contributed by atoms with Gasteiger partial charge in [0, 0.05) is 16.3 Å². The Morgan fingerprint density at radius 3 is 2.52 bits per heavy atom. The molecule has 27 heavy (non-hydrogen) atoms. The van der Waals surface area contributed by atoms with Crippen LogP contribution in [0.1, 0.15) is 11.1 Å². The van der Waals surface area contributed by atoms with Crippen LogP contribution in [0.2, 0.25) is 0 Å². The summed E-state index contributed by atoms with van der Waals surface area (Å²) in [6.07, 6.45) is 1.34. The maximum atomic E-state index is 14.4. The van der Waals surface area contributed by atoms with Crippen molar-refractivity contribution < 1.29 is 27.8 Å². The largest absolute Gasteiger partial charge is 0.481 e. The van der Waals surface area contributed by atoms with Gasteiger partial charge in [0.25, 0.3) is 0 Å². The number of ether oxygens (including phenoxy) is 1. The van der Waals surface area contributed by atoms with Crippen molar-refractivity contribution >= 4 is 28.5 Å². The van der Waals surface area contributed by atoms with E-state index < -0.39 is 23.4 Å². The summed E-state index contributed by atoms with van der Waals surface area (Å²) in [5, 5.41) is 9.99. The molecule has 0 radical (unpaired) electrons. The maximum absolute atomic E-state index is 14.4. The first-order valence-corrected chi connectivity index (χ1v) is 9.17. The van der Waals surface area contributed by atoms with Gasteiger partial charge in [-0.25, -0.2) is 13.2 Å². The molecule has 0 aromatic heterocycles. The van der Waals surface area contributed by atoms with Gasteiger partial charge in [-0.3, -0.25) is 4.79 Å². The van der Waals surface area contributed by atoms with Gasteiger partial charge in [-0.05, 0) is 47.9 Å². The average Bonchev–Trinajstić information content (AvgIpc) is 2.61. The van der Waals surface area contributed by atoms with Crippen LogP contribution in [0, 0.1) is 24.4 Å². The molecule has 0 fully saturated rings. The fraction of sp³-hybridized carbons (Fsp3) is 0.150. The molecular weight excluding hydrogens is 377 g/mol. The normalized spacial score (nSPS) is 11.0. The highest BCUT2D eigenvalue weighted by atomic mass is 32.2. The van der Waals surface area contributed by atoms with Crippen molar-refractivity contribution in [3.05, 3.63) is 65.0 Å². The number of hydrogen-bond donors (Lipinski definition) is 1. The summed E-state index contributed by atoms with van der Waals surface area (Å²) in [5.41, 5.74) is 0.863. The molecule has 3 aromatic rings. The van der Waals surface area contributed by atoms with Crippen LogP contribution in [0.3, 0.4) is 0 Å². The third kappa shape index (κ3) is 3.88. The topological polar surface area (TPSA) is 46.5 Å². The zero-order chi connectivity index (χ0) is 19.7. The average molecular weight is 392 g/mol. The van der Waals surface area contributed by atoms with Crippen LogP contribution >= 0.6 is 11.8 Å². The van der Waals surface area contributed by atoms with Gasteiger partial charge < -0.3 is 9.84 Å². The quantitative estimate of drug-likeness (QED) is 0.565. The number of carbonyl (C=O) groups is 1. The van der Waals surface area contributed by atoms with Crippen molar-refractivity contribution in [2.75, 3.05) is 6.26 Å². The standard InChI is InChI=1S/C20H15F3O3S/c1-10-12(6-19(24)25)5-11-3-4-13(21)7-14(11)20(10)26-17-8-16(23)18(27-2)9-15(17)22/h3-5,7-9H,6H2,1-2H3,(H,24,25). The molecule has 7 heteroatoms. The van der Waals surface area contributed by atoms with E-state index in [0.717, 1.165) is 23.9 Å². The predicted molar refractivity (Wildman–Crippen MR) is 98.2 cm³/mol. The Morgan fingerprint density at radius 1 is 1.11 bits per heavy atom. The van der Waals surface area contributed by atoms with Crippen molar-refractivity contribution in [1.82, 2.24) is 0 Å². The smallest absolute Gasteiger partial charge is 0.307 e. The Hall–Kier alpha value is -2.67. The minimum absolute atomic E-state index is 0.0958. The summed E-state index contributed by atoms with van der Waals surface area (Å²) in [6, 6.07) is 7.51. The van der Waals surface area contributed by atoms with E-state index in [9.17, 15) is 18.0 Å². The summed E-state index contributed by atoms with van der Waals surface area (Å²) in [5.74, 6) is -3.25. The highest BCUT2D eigenvalue weighted by Crippen LogP contribution is 2.38. The van der Waals surface area contributed by atoms with Gasteiger partial charge in [0.1, 0.15) is 17.4 Å². The molecule has 0 saturated heterocycles. The number of hydrogen-bond acceptors (Lipinski definition) is 3. The van der Waals surface area contributed by atoms with E-state index in [-0.39, 0.29) is 22.8 Å². The molecule has 0 heterocycles. The van der Waals surface area contributed by atoms with Crippen molar-refractivity contribution in [3.8, 4) is 11.5 Å². The monoisotopic (exact) mass is 392 g/mol. The van der Waals surface area contributed by atoms with E-state index in [1.54, 1.807) is 19.2 Å². The Kier molecular flexibility index (Phi) is 5.32. The second-order valence-corrected chi connectivity index (χ2v) is 6.79. The molecule has 0 saturated carbocycles. The van der Waals surface area contributed by atoms with Gasteiger partial charge in [-0.2, -0.15) is 0 Å². The summed E-state index contributed by atoms with van der Waals surface area (Å²) < 4.78 is 47.8. The van der Waals surface area contributed by atoms with Crippen LogP contribution in [0.15, 0.2) is 41.3 Å². The fourth-order valence-corrected chi connectivity index (χ4v) is 3.30. The van der Waals surface area contributed by atoms with Crippen molar-refractivity contribution in [2.45, 2.75) is 18.2 Å². The first kappa shape index (κ1) is 19.1. The number of carboxylic acids is 1. The lowest BCUT2D eigenvalue weighted by atomic mass is 9.98. The summed E-state index contributed by atoms with van der Waals surface area (Å²) in [4.78, 5) is 11.3. The summed E-state index contributed by atoms with van der Waals surface area (Å²) in [7, 11) is 0. The number of thioether (sulfide) groups is 1. The highest BCUT2D eigenvalue weighted by Gasteiger charge is 2.18. The van der Waals surface area contributed by atoms with Crippen molar-refractivity contribution in [3.63, 3.8) is 0 Å². The number of benzene rings is 3.